The smallest absolute Gasteiger partial charge is 0.322 e. The summed E-state index contributed by atoms with van der Waals surface area (Å²) in [4.78, 5) is 18.1. The Morgan fingerprint density at radius 3 is 3.24 bits per heavy atom. The number of amides is 2. The second-order valence-electron chi connectivity index (χ2n) is 4.82. The number of aryl methyl sites for hydroxylation is 1. The zero-order valence-electron chi connectivity index (χ0n) is 11.3. The van der Waals surface area contributed by atoms with Gasteiger partial charge in [0, 0.05) is 19.0 Å². The van der Waals surface area contributed by atoms with Gasteiger partial charge in [-0.15, -0.1) is 0 Å². The van der Waals surface area contributed by atoms with Crippen LogP contribution < -0.4 is 5.32 Å². The molecule has 9 heteroatoms. The topological polar surface area (TPSA) is 111 Å². The molecule has 0 saturated carbocycles. The molecule has 3 rings (SSSR count). The van der Waals surface area contributed by atoms with Crippen LogP contribution in [0.2, 0.25) is 0 Å². The molecule has 2 amide bonds. The Morgan fingerprint density at radius 1 is 1.67 bits per heavy atom. The van der Waals surface area contributed by atoms with Crippen molar-refractivity contribution in [3.8, 4) is 6.07 Å². The summed E-state index contributed by atoms with van der Waals surface area (Å²) < 4.78 is 4.09. The van der Waals surface area contributed by atoms with E-state index in [2.05, 4.69) is 30.9 Å². The van der Waals surface area contributed by atoms with E-state index < -0.39 is 0 Å². The third-order valence-electron chi connectivity index (χ3n) is 3.49. The van der Waals surface area contributed by atoms with Gasteiger partial charge in [-0.3, -0.25) is 10.4 Å². The molecule has 1 aliphatic heterocycles. The molecule has 0 aliphatic carbocycles. The molecule has 1 saturated heterocycles. The lowest BCUT2D eigenvalue weighted by molar-refractivity contribution is 0.222. The summed E-state index contributed by atoms with van der Waals surface area (Å²) in [5, 5.41) is 19.0. The maximum absolute atomic E-state index is 12.2. The van der Waals surface area contributed by atoms with E-state index in [-0.39, 0.29) is 11.9 Å². The Hall–Kier alpha value is -2.47. The van der Waals surface area contributed by atoms with Gasteiger partial charge >= 0.3 is 6.03 Å². The summed E-state index contributed by atoms with van der Waals surface area (Å²) in [6.45, 7) is 2.98. The van der Waals surface area contributed by atoms with Gasteiger partial charge in [-0.25, -0.2) is 9.78 Å². The Kier molecular flexibility index (Phi) is 3.53. The highest BCUT2D eigenvalue weighted by molar-refractivity contribution is 7.10. The number of carbonyl (C=O) groups is 1. The average Bonchev–Trinajstić information content (AvgIpc) is 3.18. The second kappa shape index (κ2) is 5.49. The van der Waals surface area contributed by atoms with Crippen LogP contribution in [0.15, 0.2) is 6.33 Å². The minimum Gasteiger partial charge on any atom is -0.324 e. The number of anilines is 1. The largest absolute Gasteiger partial charge is 0.324 e. The first kappa shape index (κ1) is 13.5. The number of aromatic nitrogens is 4. The van der Waals surface area contributed by atoms with E-state index in [4.69, 9.17) is 5.26 Å². The summed E-state index contributed by atoms with van der Waals surface area (Å²) in [5.74, 6) is 0.980. The van der Waals surface area contributed by atoms with Crippen molar-refractivity contribution in [1.82, 2.24) is 24.5 Å². The van der Waals surface area contributed by atoms with E-state index in [9.17, 15) is 4.79 Å². The van der Waals surface area contributed by atoms with Gasteiger partial charge in [0.15, 0.2) is 0 Å². The first-order chi connectivity index (χ1) is 10.2. The Bertz CT molecular complexity index is 687. The third-order valence-corrected chi connectivity index (χ3v) is 4.34. The molecular weight excluding hydrogens is 290 g/mol. The molecule has 1 fully saturated rings. The highest BCUT2D eigenvalue weighted by Gasteiger charge is 2.29. The number of nitrogens with one attached hydrogen (secondary N) is 2. The fourth-order valence-electron chi connectivity index (χ4n) is 2.34. The van der Waals surface area contributed by atoms with Crippen molar-refractivity contribution in [2.75, 3.05) is 18.4 Å². The molecule has 3 heterocycles. The first-order valence-electron chi connectivity index (χ1n) is 6.46. The first-order valence-corrected chi connectivity index (χ1v) is 7.24. The Morgan fingerprint density at radius 2 is 2.52 bits per heavy atom. The minimum atomic E-state index is -0.211. The summed E-state index contributed by atoms with van der Waals surface area (Å²) in [7, 11) is 0. The standard InChI is InChI=1S/C12H13N7OS/c1-7-9(4-13)11(21-18-7)16-12(20)19-3-2-8(5-19)10-14-6-15-17-10/h6,8H,2-3,5H2,1H3,(H,16,20)(H,14,15,17). The van der Waals surface area contributed by atoms with Crippen molar-refractivity contribution in [3.05, 3.63) is 23.4 Å². The highest BCUT2D eigenvalue weighted by Crippen LogP contribution is 2.27. The number of likely N-dealkylation sites (tertiary alicyclic amines) is 1. The predicted octanol–water partition coefficient (Wildman–Crippen LogP) is 1.46. The van der Waals surface area contributed by atoms with Crippen molar-refractivity contribution in [1.29, 1.82) is 5.26 Å². The lowest BCUT2D eigenvalue weighted by Gasteiger charge is -2.16. The maximum atomic E-state index is 12.2. The molecule has 1 unspecified atom stereocenters. The van der Waals surface area contributed by atoms with Crippen LogP contribution >= 0.6 is 11.5 Å². The second-order valence-corrected chi connectivity index (χ2v) is 5.59. The Balaban J connectivity index is 1.66. The number of hydrogen-bond donors (Lipinski definition) is 2. The molecular formula is C12H13N7OS. The number of H-pyrrole nitrogens is 1. The summed E-state index contributed by atoms with van der Waals surface area (Å²) in [6.07, 6.45) is 2.31. The SMILES string of the molecule is Cc1nsc(NC(=O)N2CCC(c3ncn[nH]3)C2)c1C#N. The predicted molar refractivity (Wildman–Crippen MR) is 75.9 cm³/mol. The summed E-state index contributed by atoms with van der Waals surface area (Å²) in [5.41, 5.74) is 1.07. The molecule has 0 spiro atoms. The monoisotopic (exact) mass is 303 g/mol. The number of hydrogen-bond acceptors (Lipinski definition) is 6. The zero-order valence-corrected chi connectivity index (χ0v) is 12.1. The minimum absolute atomic E-state index is 0.178. The summed E-state index contributed by atoms with van der Waals surface area (Å²) >= 11 is 1.13. The van der Waals surface area contributed by atoms with Crippen LogP contribution in [0.4, 0.5) is 9.80 Å². The van der Waals surface area contributed by atoms with Crippen LogP contribution in [0.5, 0.6) is 0 Å². The van der Waals surface area contributed by atoms with Gasteiger partial charge in [0.25, 0.3) is 0 Å². The van der Waals surface area contributed by atoms with Gasteiger partial charge < -0.3 is 4.90 Å². The van der Waals surface area contributed by atoms with Crippen LogP contribution in [0.1, 0.15) is 29.4 Å². The highest BCUT2D eigenvalue weighted by atomic mass is 32.1. The fraction of sp³-hybridized carbons (Fsp3) is 0.417. The molecule has 21 heavy (non-hydrogen) atoms. The molecule has 1 aliphatic rings. The third kappa shape index (κ3) is 2.57. The molecule has 0 aromatic carbocycles. The lowest BCUT2D eigenvalue weighted by Crippen LogP contribution is -2.32. The number of nitriles is 1. The van der Waals surface area contributed by atoms with Crippen molar-refractivity contribution >= 4 is 22.6 Å². The normalized spacial score (nSPS) is 17.7. The van der Waals surface area contributed by atoms with Crippen molar-refractivity contribution in [3.63, 3.8) is 0 Å². The van der Waals surface area contributed by atoms with E-state index >= 15 is 0 Å². The van der Waals surface area contributed by atoms with Crippen molar-refractivity contribution < 1.29 is 4.79 Å². The van der Waals surface area contributed by atoms with Crippen LogP contribution in [-0.4, -0.2) is 43.6 Å². The van der Waals surface area contributed by atoms with Crippen LogP contribution in [0.25, 0.3) is 0 Å². The number of urea groups is 1. The number of carbonyl (C=O) groups excluding carboxylic acids is 1. The number of nitrogens with zero attached hydrogens (tertiary/aromatic N) is 5. The lowest BCUT2D eigenvalue weighted by atomic mass is 10.1. The molecule has 0 radical (unpaired) electrons. The molecule has 2 aromatic rings. The molecule has 1 atom stereocenters. The van der Waals surface area contributed by atoms with E-state index in [1.165, 1.54) is 6.33 Å². The van der Waals surface area contributed by atoms with E-state index in [1.54, 1.807) is 11.8 Å². The summed E-state index contributed by atoms with van der Waals surface area (Å²) in [6, 6.07) is 1.85. The van der Waals surface area contributed by atoms with Gasteiger partial charge in [-0.05, 0) is 24.9 Å². The van der Waals surface area contributed by atoms with E-state index in [0.29, 0.717) is 29.3 Å². The maximum Gasteiger partial charge on any atom is 0.322 e. The van der Waals surface area contributed by atoms with Gasteiger partial charge in [-0.1, -0.05) is 0 Å². The molecule has 0 bridgehead atoms. The van der Waals surface area contributed by atoms with Gasteiger partial charge in [0.05, 0.1) is 5.69 Å². The quantitative estimate of drug-likeness (QED) is 0.872. The van der Waals surface area contributed by atoms with E-state index in [1.807, 2.05) is 0 Å². The van der Waals surface area contributed by atoms with E-state index in [0.717, 1.165) is 23.8 Å². The van der Waals surface area contributed by atoms with Gasteiger partial charge in [0.1, 0.15) is 28.8 Å². The number of rotatable bonds is 2. The molecule has 8 nitrogen and oxygen atoms in total. The van der Waals surface area contributed by atoms with Gasteiger partial charge in [0.2, 0.25) is 0 Å². The van der Waals surface area contributed by atoms with Gasteiger partial charge in [-0.2, -0.15) is 14.7 Å². The molecule has 108 valence electrons. The van der Waals surface area contributed by atoms with Crippen molar-refractivity contribution in [2.45, 2.75) is 19.3 Å². The number of aromatic amines is 1. The van der Waals surface area contributed by atoms with Crippen LogP contribution in [0, 0.1) is 18.3 Å². The van der Waals surface area contributed by atoms with Crippen LogP contribution in [-0.2, 0) is 0 Å². The average molecular weight is 303 g/mol. The molecule has 2 aromatic heterocycles. The molecule has 2 N–H and O–H groups in total. The van der Waals surface area contributed by atoms with Crippen LogP contribution in [0.3, 0.4) is 0 Å². The Labute approximate surface area is 125 Å². The van der Waals surface area contributed by atoms with Crippen molar-refractivity contribution in [2.24, 2.45) is 0 Å². The zero-order chi connectivity index (χ0) is 14.8. The fourth-order valence-corrected chi connectivity index (χ4v) is 3.08.